The lowest BCUT2D eigenvalue weighted by Gasteiger charge is -2.25. The Morgan fingerprint density at radius 2 is 1.35 bits per heavy atom. The van der Waals surface area contributed by atoms with E-state index in [4.69, 9.17) is 31.2 Å². The van der Waals surface area contributed by atoms with Gasteiger partial charge in [-0.3, -0.25) is 4.90 Å². The van der Waals surface area contributed by atoms with E-state index < -0.39 is 0 Å². The van der Waals surface area contributed by atoms with E-state index in [0.717, 1.165) is 58.4 Å². The molecule has 204 valence electrons. The average Bonchev–Trinajstić information content (AvgIpc) is 3.62. The van der Waals surface area contributed by atoms with Gasteiger partial charge in [0.1, 0.15) is 11.5 Å². The molecule has 0 aliphatic carbocycles. The zero-order valence-electron chi connectivity index (χ0n) is 22.6. The number of methoxy groups -OCH3 is 2. The lowest BCUT2D eigenvalue weighted by atomic mass is 10.1. The molecule has 1 saturated heterocycles. The van der Waals surface area contributed by atoms with Crippen molar-refractivity contribution in [3.8, 4) is 51.2 Å². The summed E-state index contributed by atoms with van der Waals surface area (Å²) in [4.78, 5) is 2.76. The van der Waals surface area contributed by atoms with E-state index in [1.165, 1.54) is 19.3 Å². The van der Waals surface area contributed by atoms with Gasteiger partial charge in [0.05, 0.1) is 38.0 Å². The molecule has 0 unspecified atom stereocenters. The van der Waals surface area contributed by atoms with Crippen molar-refractivity contribution >= 4 is 12.2 Å². The fourth-order valence-electron chi connectivity index (χ4n) is 5.00. The van der Waals surface area contributed by atoms with E-state index in [1.807, 2.05) is 77.5 Å². The molecule has 0 radical (unpaired) electrons. The van der Waals surface area contributed by atoms with Gasteiger partial charge in [-0.15, -0.1) is 5.10 Å². The zero-order valence-corrected chi connectivity index (χ0v) is 23.4. The summed E-state index contributed by atoms with van der Waals surface area (Å²) >= 11 is 5.47. The van der Waals surface area contributed by atoms with Crippen molar-refractivity contribution in [2.24, 2.45) is 0 Å². The van der Waals surface area contributed by atoms with Gasteiger partial charge in [-0.1, -0.05) is 6.42 Å². The largest absolute Gasteiger partial charge is 0.497 e. The van der Waals surface area contributed by atoms with Crippen molar-refractivity contribution < 1.29 is 13.9 Å². The first-order valence-electron chi connectivity index (χ1n) is 13.4. The van der Waals surface area contributed by atoms with Crippen LogP contribution in [-0.2, 0) is 6.67 Å². The zero-order chi connectivity index (χ0) is 27.5. The Bertz CT molecular complexity index is 1630. The molecule has 0 N–H and O–H groups in total. The normalized spacial score (nSPS) is 13.8. The van der Waals surface area contributed by atoms with Gasteiger partial charge in [0.15, 0.2) is 0 Å². The summed E-state index contributed by atoms with van der Waals surface area (Å²) in [5.41, 5.74) is 5.63. The van der Waals surface area contributed by atoms with E-state index >= 15 is 0 Å². The average molecular weight is 554 g/mol. The summed E-state index contributed by atoms with van der Waals surface area (Å²) in [5.74, 6) is 2.13. The van der Waals surface area contributed by atoms with Crippen LogP contribution in [0.3, 0.4) is 0 Å². The highest BCUT2D eigenvalue weighted by molar-refractivity contribution is 7.71. The summed E-state index contributed by atoms with van der Waals surface area (Å²) in [6, 6.07) is 26.0. The number of benzene rings is 3. The van der Waals surface area contributed by atoms with Crippen molar-refractivity contribution in [2.45, 2.75) is 25.9 Å². The molecule has 0 atom stereocenters. The van der Waals surface area contributed by atoms with Crippen LogP contribution in [0, 0.1) is 4.84 Å². The summed E-state index contributed by atoms with van der Waals surface area (Å²) in [6.07, 6.45) is 3.72. The van der Waals surface area contributed by atoms with Gasteiger partial charge in [-0.2, -0.15) is 5.10 Å². The molecule has 40 heavy (non-hydrogen) atoms. The molecule has 2 aromatic heterocycles. The van der Waals surface area contributed by atoms with Crippen LogP contribution in [0.25, 0.3) is 39.7 Å². The molecule has 5 aromatic rings. The van der Waals surface area contributed by atoms with Crippen LogP contribution in [0.15, 0.2) is 83.3 Å². The third kappa shape index (κ3) is 5.43. The second-order valence-corrected chi connectivity index (χ2v) is 10.2. The predicted molar refractivity (Wildman–Crippen MR) is 157 cm³/mol. The van der Waals surface area contributed by atoms with Gasteiger partial charge >= 0.3 is 0 Å². The molecule has 0 spiro atoms. The van der Waals surface area contributed by atoms with Gasteiger partial charge < -0.3 is 13.9 Å². The molecule has 1 fully saturated rings. The first kappa shape index (κ1) is 26.0. The predicted octanol–water partition coefficient (Wildman–Crippen LogP) is 6.85. The second kappa shape index (κ2) is 11.5. The van der Waals surface area contributed by atoms with Crippen molar-refractivity contribution in [3.05, 3.63) is 83.7 Å². The molecular weight excluding hydrogens is 522 g/mol. The number of piperidine rings is 1. The van der Waals surface area contributed by atoms with Crippen molar-refractivity contribution in [2.75, 3.05) is 27.3 Å². The summed E-state index contributed by atoms with van der Waals surface area (Å²) in [7, 11) is 3.33. The molecule has 3 heterocycles. The van der Waals surface area contributed by atoms with Crippen LogP contribution in [-0.4, -0.2) is 51.8 Å². The minimum atomic E-state index is 0.391. The third-order valence-electron chi connectivity index (χ3n) is 7.23. The second-order valence-electron chi connectivity index (χ2n) is 9.82. The fourth-order valence-corrected chi connectivity index (χ4v) is 5.17. The van der Waals surface area contributed by atoms with Crippen LogP contribution in [0.1, 0.15) is 19.3 Å². The lowest BCUT2D eigenvalue weighted by Crippen LogP contribution is -2.32. The lowest BCUT2D eigenvalue weighted by molar-refractivity contribution is 0.170. The molecule has 6 rings (SSSR count). The van der Waals surface area contributed by atoms with Gasteiger partial charge in [0.2, 0.25) is 5.89 Å². The Balaban J connectivity index is 1.32. The highest BCUT2D eigenvalue weighted by atomic mass is 32.1. The molecule has 9 heteroatoms. The van der Waals surface area contributed by atoms with E-state index in [1.54, 1.807) is 18.9 Å². The molecule has 3 aromatic carbocycles. The number of likely N-dealkylation sites (tertiary alicyclic amines) is 1. The van der Waals surface area contributed by atoms with Gasteiger partial charge in [0, 0.05) is 16.7 Å². The van der Waals surface area contributed by atoms with Crippen LogP contribution >= 0.6 is 12.2 Å². The van der Waals surface area contributed by atoms with Gasteiger partial charge in [-0.25, -0.2) is 9.36 Å². The van der Waals surface area contributed by atoms with E-state index in [0.29, 0.717) is 17.4 Å². The molecule has 0 saturated carbocycles. The third-order valence-corrected chi connectivity index (χ3v) is 7.52. The van der Waals surface area contributed by atoms with E-state index in [9.17, 15) is 0 Å². The SMILES string of the molecule is COc1ccc(-c2cc(-c3ccc(OC)cc3)n(-c3ccc(-c4nn(CN5CCCCC5)c(=S)o4)cc3)n2)cc1. The number of nitrogens with zero attached hydrogens (tertiary/aromatic N) is 5. The minimum Gasteiger partial charge on any atom is -0.497 e. The Hall–Kier alpha value is -4.21. The Morgan fingerprint density at radius 3 is 1.98 bits per heavy atom. The number of ether oxygens (including phenoxy) is 2. The number of aromatic nitrogens is 4. The van der Waals surface area contributed by atoms with Crippen molar-refractivity contribution in [1.29, 1.82) is 0 Å². The molecule has 0 amide bonds. The highest BCUT2D eigenvalue weighted by Crippen LogP contribution is 2.31. The quantitative estimate of drug-likeness (QED) is 0.195. The van der Waals surface area contributed by atoms with Crippen LogP contribution in [0.2, 0.25) is 0 Å². The van der Waals surface area contributed by atoms with Crippen molar-refractivity contribution in [3.63, 3.8) is 0 Å². The Labute approximate surface area is 238 Å². The molecule has 8 nitrogen and oxygen atoms in total. The maximum absolute atomic E-state index is 5.88. The maximum atomic E-state index is 5.88. The maximum Gasteiger partial charge on any atom is 0.288 e. The summed E-state index contributed by atoms with van der Waals surface area (Å²) in [5, 5.41) is 9.67. The van der Waals surface area contributed by atoms with E-state index in [2.05, 4.69) is 16.1 Å². The fraction of sp³-hybridized carbons (Fsp3) is 0.258. The number of rotatable bonds is 8. The Kier molecular flexibility index (Phi) is 7.48. The number of hydrogen-bond acceptors (Lipinski definition) is 7. The summed E-state index contributed by atoms with van der Waals surface area (Å²) < 4.78 is 20.3. The minimum absolute atomic E-state index is 0.391. The van der Waals surface area contributed by atoms with Crippen LogP contribution < -0.4 is 9.47 Å². The molecule has 1 aliphatic rings. The first-order valence-corrected chi connectivity index (χ1v) is 13.8. The number of hydrogen-bond donors (Lipinski definition) is 0. The monoisotopic (exact) mass is 553 g/mol. The molecule has 0 bridgehead atoms. The molecular formula is C31H31N5O3S. The Morgan fingerprint density at radius 1 is 0.750 bits per heavy atom. The molecule has 1 aliphatic heterocycles. The van der Waals surface area contributed by atoms with Crippen LogP contribution in [0.5, 0.6) is 11.5 Å². The van der Waals surface area contributed by atoms with Gasteiger partial charge in [-0.05, 0) is 117 Å². The van der Waals surface area contributed by atoms with Crippen LogP contribution in [0.4, 0.5) is 0 Å². The highest BCUT2D eigenvalue weighted by Gasteiger charge is 2.16. The van der Waals surface area contributed by atoms with Gasteiger partial charge in [0.25, 0.3) is 4.84 Å². The van der Waals surface area contributed by atoms with E-state index in [-0.39, 0.29) is 0 Å². The first-order chi connectivity index (χ1) is 19.6. The van der Waals surface area contributed by atoms with Crippen molar-refractivity contribution in [1.82, 2.24) is 24.5 Å². The topological polar surface area (TPSA) is 70.5 Å². The summed E-state index contributed by atoms with van der Waals surface area (Å²) in [6.45, 7) is 2.79. The standard InChI is InChI=1S/C31H31N5O3S/c1-37-26-14-8-22(9-15-26)28-20-29(23-10-16-27(38-2)17-11-23)36(32-28)25-12-6-24(7-13-25)30-33-35(31(40)39-30)21-34-18-4-3-5-19-34/h6-17,20H,3-5,18-19,21H2,1-2H3. The smallest absolute Gasteiger partial charge is 0.288 e.